The summed E-state index contributed by atoms with van der Waals surface area (Å²) < 4.78 is 93.8. The number of nitrogens with one attached hydrogen (secondary N) is 1. The fourth-order valence-corrected chi connectivity index (χ4v) is 13.7. The minimum atomic E-state index is -4.74. The second-order valence-corrected chi connectivity index (χ2v) is 28.3. The van der Waals surface area contributed by atoms with E-state index in [1.54, 1.807) is 155 Å². The van der Waals surface area contributed by atoms with Gasteiger partial charge in [0.15, 0.2) is 0 Å². The van der Waals surface area contributed by atoms with Gasteiger partial charge in [-0.2, -0.15) is 4.72 Å². The van der Waals surface area contributed by atoms with Gasteiger partial charge in [-0.15, -0.1) is 69.9 Å². The molecule has 18 heterocycles. The van der Waals surface area contributed by atoms with Crippen LogP contribution in [0.25, 0.3) is 106 Å². The Hall–Kier alpha value is -7.86. The smallest absolute Gasteiger partial charge is 0.870 e. The Bertz CT molecular complexity index is 5890. The molecule has 564 valence electrons. The third-order valence-corrected chi connectivity index (χ3v) is 19.7. The van der Waals surface area contributed by atoms with Crippen LogP contribution in [-0.4, -0.2) is 172 Å². The Morgan fingerprint density at radius 2 is 0.767 bits per heavy atom. The van der Waals surface area contributed by atoms with E-state index in [-0.39, 0.29) is 229 Å². The first kappa shape index (κ1) is 110. The standard InChI is InChI=1S/C10H8F3NO2.C10H12N2O3S.3C7H5NO2.3C7H5NOS.2C6H4O2S.3Al.2Be.2Ga.3Zn/c11-10(12,13)16-6-14-8-4-2-1-3-7(8)5-9(14)15;1-16(14,15)11-7-12-6-8-4-2-3-5-9(8)10(12)13;3*9-7-6-5(4-10-7)2-1-3-8-6;3*9-5-4-10-6-2-1-3-8-7(5)6;2*7-4-3-9-5-1-2-8-6(4)5;;;;;;;;;;/h1-5,15H,6H2;2-6,11,13H,7H2,1H3;6*1-4,9H;2*1-3,7H;;;;;;;;;;/q;;;;;;;;;;3*+3;2*+2;2*+3;3*+2/p-10. The molecule has 0 aliphatic carbocycles. The number of alkyl halides is 3. The average molecular weight is 2040 g/mol. The Labute approximate surface area is 802 Å². The van der Waals surface area contributed by atoms with E-state index in [1.165, 1.54) is 98.6 Å². The molecule has 120 heavy (non-hydrogen) atoms. The monoisotopic (exact) mass is 2030 g/mol. The third kappa shape index (κ3) is 30.3. The van der Waals surface area contributed by atoms with E-state index in [9.17, 15) is 72.7 Å². The zero-order valence-corrected chi connectivity index (χ0v) is 84.5. The van der Waals surface area contributed by atoms with Crippen LogP contribution in [0.3, 0.4) is 0 Å². The van der Waals surface area contributed by atoms with Crippen LogP contribution in [0.1, 0.15) is 0 Å². The van der Waals surface area contributed by atoms with Gasteiger partial charge in [0.05, 0.1) is 99.9 Å². The molecule has 0 bridgehead atoms. The zero-order chi connectivity index (χ0) is 77.9. The van der Waals surface area contributed by atoms with Gasteiger partial charge in [-0.05, 0) is 152 Å². The predicted octanol–water partition coefficient (Wildman–Crippen LogP) is 9.71. The molecule has 0 saturated heterocycles. The number of rotatable bonds is 5. The number of sulfonamides is 1. The van der Waals surface area contributed by atoms with Crippen molar-refractivity contribution in [3.05, 3.63) is 241 Å². The van der Waals surface area contributed by atoms with Crippen molar-refractivity contribution in [3.8, 4) is 58.3 Å². The number of halogens is 3. The van der Waals surface area contributed by atoms with Gasteiger partial charge in [-0.3, -0.25) is 34.6 Å². The Kier molecular flexibility index (Phi) is 48.3. The Morgan fingerprint density at radius 3 is 1.12 bits per heavy atom. The molecular formula is C74H48Al3Be2F3Ga2N9O18S6Zn3+15. The Morgan fingerprint density at radius 1 is 0.433 bits per heavy atom. The van der Waals surface area contributed by atoms with Crippen LogP contribution in [0.2, 0.25) is 0 Å². The van der Waals surface area contributed by atoms with Crippen molar-refractivity contribution in [2.75, 3.05) is 6.26 Å². The second-order valence-electron chi connectivity index (χ2n) is 21.9. The van der Waals surface area contributed by atoms with E-state index in [4.69, 9.17) is 8.83 Å². The minimum Gasteiger partial charge on any atom is -0.870 e. The topological polar surface area (TPSA) is 439 Å². The number of hydrogen-bond donors (Lipinski definition) is 1. The van der Waals surface area contributed by atoms with E-state index >= 15 is 0 Å². The average Bonchev–Trinajstić information content (AvgIpc) is 1.67. The SMILES string of the molecule is CS(=O)(=O)NCn1cc2ccccc2c1[O-].[Al+3].[Al+3].[Al+3].[Be+2].[Be+2].[Ga+3].[Ga+3].[O-]c1cc2ccccc2n1COC(F)(F)F.[O-]c1csc2cccnc12.[O-]c1csc2cccnc12.[O-]c1csc2cccnc12.[O-]c1csc2ccoc12.[O-]c1csc2ccoc12.[O-]c1occ2cccnc12.[O-]c1occ2cccnc12.[O-]c1occ2cccnc12.[Zn+2].[Zn+2].[Zn+2]. The summed E-state index contributed by atoms with van der Waals surface area (Å²) in [7, 11) is -3.29. The third-order valence-electron chi connectivity index (χ3n) is 14.5. The number of aromatic nitrogens is 8. The van der Waals surface area contributed by atoms with Crippen molar-refractivity contribution < 1.29 is 158 Å². The van der Waals surface area contributed by atoms with Crippen LogP contribution in [0.5, 0.6) is 58.3 Å². The summed E-state index contributed by atoms with van der Waals surface area (Å²) in [6, 6.07) is 40.4. The number of thiophene rings is 5. The largest absolute Gasteiger partial charge is 3.00 e. The fraction of sp³-hybridized carbons (Fsp3) is 0.0541. The number of para-hydroxylation sites is 1. The molecule has 0 atom stereocenters. The number of nitrogens with zero attached hydrogens (tertiary/aromatic N) is 8. The van der Waals surface area contributed by atoms with E-state index in [2.05, 4.69) is 52.6 Å². The van der Waals surface area contributed by atoms with E-state index in [0.29, 0.717) is 60.6 Å². The van der Waals surface area contributed by atoms with Crippen molar-refractivity contribution in [1.82, 2.24) is 43.8 Å². The first-order valence-corrected chi connectivity index (χ1v) is 37.6. The molecule has 18 aromatic heterocycles. The van der Waals surface area contributed by atoms with Crippen LogP contribution in [0, 0.1) is 0 Å². The van der Waals surface area contributed by atoms with E-state index < -0.39 is 29.0 Å². The molecule has 2 aromatic carbocycles. The van der Waals surface area contributed by atoms with Crippen molar-refractivity contribution in [2.45, 2.75) is 19.8 Å². The molecule has 27 nitrogen and oxygen atoms in total. The van der Waals surface area contributed by atoms with Crippen molar-refractivity contribution in [2.24, 2.45) is 0 Å². The minimum absolute atomic E-state index is 0. The van der Waals surface area contributed by atoms with Crippen LogP contribution in [0.15, 0.2) is 263 Å². The van der Waals surface area contributed by atoms with E-state index in [0.717, 1.165) is 55.9 Å². The number of pyridine rings is 6. The van der Waals surface area contributed by atoms with Gasteiger partial charge in [0.1, 0.15) is 17.9 Å². The summed E-state index contributed by atoms with van der Waals surface area (Å²) in [5.41, 5.74) is 4.39. The van der Waals surface area contributed by atoms with Gasteiger partial charge in [-0.1, -0.05) is 89.4 Å². The molecule has 0 saturated carbocycles. The van der Waals surface area contributed by atoms with Gasteiger partial charge in [0, 0.05) is 65.1 Å². The molecule has 0 spiro atoms. The van der Waals surface area contributed by atoms with Crippen molar-refractivity contribution in [3.63, 3.8) is 0 Å². The number of hydrogen-bond acceptors (Lipinski definition) is 29. The maximum atomic E-state index is 11.8. The number of benzene rings is 2. The molecule has 20 rings (SSSR count). The maximum absolute atomic E-state index is 11.8. The molecule has 0 unspecified atom stereocenters. The molecule has 46 heteroatoms. The Balaban J connectivity index is 0.000000664. The van der Waals surface area contributed by atoms with Gasteiger partial charge in [0.2, 0.25) is 10.0 Å². The quantitative estimate of drug-likeness (QED) is 0.157. The van der Waals surface area contributed by atoms with Crippen molar-refractivity contribution in [1.29, 1.82) is 0 Å². The van der Waals surface area contributed by atoms with Crippen LogP contribution < -0.4 is 55.8 Å². The molecule has 0 aliphatic heterocycles. The first-order chi connectivity index (χ1) is 53.0. The summed E-state index contributed by atoms with van der Waals surface area (Å²) in [4.78, 5) is 23.3. The molecule has 0 aliphatic rings. The molecule has 0 radical (unpaired) electrons. The summed E-state index contributed by atoms with van der Waals surface area (Å²) in [6.45, 7) is -0.859. The molecular weight excluding hydrogens is 1990 g/mol. The van der Waals surface area contributed by atoms with Crippen LogP contribution in [-0.2, 0) is 86.6 Å². The maximum Gasteiger partial charge on any atom is 3.00 e. The number of ether oxygens (including phenoxy) is 1. The number of furan rings is 5. The molecule has 0 amide bonds. The summed E-state index contributed by atoms with van der Waals surface area (Å²) >= 11 is 7.15. The fourth-order valence-electron chi connectivity index (χ4n) is 9.53. The number of fused-ring (bicyclic) bond motifs is 10. The van der Waals surface area contributed by atoms with Gasteiger partial charge in [0.25, 0.3) is 0 Å². The predicted molar refractivity (Wildman–Crippen MR) is 433 cm³/mol. The van der Waals surface area contributed by atoms with Gasteiger partial charge >= 0.3 is 177 Å². The summed E-state index contributed by atoms with van der Waals surface area (Å²) in [5.74, 6) is -1.74. The van der Waals surface area contributed by atoms with Crippen LogP contribution >= 0.6 is 56.7 Å². The normalized spacial score (nSPS) is 10.0. The van der Waals surface area contributed by atoms with E-state index in [1.807, 2.05) is 48.5 Å². The van der Waals surface area contributed by atoms with Crippen molar-refractivity contribution >= 4 is 284 Å². The van der Waals surface area contributed by atoms with Crippen LogP contribution in [0.4, 0.5) is 13.2 Å². The van der Waals surface area contributed by atoms with Gasteiger partial charge < -0.3 is 82.3 Å². The summed E-state index contributed by atoms with van der Waals surface area (Å²) in [5, 5.41) is 122. The van der Waals surface area contributed by atoms with Gasteiger partial charge in [-0.25, -0.2) is 8.42 Å². The summed E-state index contributed by atoms with van der Waals surface area (Å²) in [6.07, 6.45) is 14.8. The first-order valence-electron chi connectivity index (χ1n) is 31.3. The molecule has 0 fully saturated rings. The molecule has 1 N–H and O–H groups in total. The molecule has 20 aromatic rings. The second kappa shape index (κ2) is 52.6. The zero-order valence-electron chi connectivity index (χ0n) is 62.4.